The van der Waals surface area contributed by atoms with Gasteiger partial charge in [-0.1, -0.05) is 22.9 Å². The zero-order valence-corrected chi connectivity index (χ0v) is 13.3. The van der Waals surface area contributed by atoms with E-state index in [-0.39, 0.29) is 0 Å². The Balaban J connectivity index is 2.23. The van der Waals surface area contributed by atoms with Crippen LogP contribution in [0.25, 0.3) is 0 Å². The minimum Gasteiger partial charge on any atom is -0.315 e. The van der Waals surface area contributed by atoms with Gasteiger partial charge in [-0.05, 0) is 59.3 Å². The summed E-state index contributed by atoms with van der Waals surface area (Å²) in [5, 5.41) is 6.80. The molecule has 0 aromatic heterocycles. The second-order valence-corrected chi connectivity index (χ2v) is 5.76. The normalized spacial score (nSPS) is 10.7. The molecular weight excluding hydrogens is 379 g/mol. The molecule has 0 saturated heterocycles. The van der Waals surface area contributed by atoms with Crippen LogP contribution in [0.5, 0.6) is 0 Å². The van der Waals surface area contributed by atoms with Crippen molar-refractivity contribution in [1.29, 1.82) is 0 Å². The highest BCUT2D eigenvalue weighted by molar-refractivity contribution is 14.1. The third-order valence-corrected chi connectivity index (χ3v) is 3.67. The van der Waals surface area contributed by atoms with E-state index in [1.807, 2.05) is 0 Å². The Bertz CT molecular complexity index is 318. The third-order valence-electron chi connectivity index (χ3n) is 2.23. The smallest absolute Gasteiger partial charge is 0.0220 e. The van der Waals surface area contributed by atoms with E-state index in [9.17, 15) is 0 Å². The number of hydrogen-bond donors (Lipinski definition) is 2. The minimum atomic E-state index is 0.922. The van der Waals surface area contributed by atoms with Gasteiger partial charge in [0.05, 0.1) is 0 Å². The summed E-state index contributed by atoms with van der Waals surface area (Å²) in [4.78, 5) is 0. The average molecular weight is 397 g/mol. The second-order valence-electron chi connectivity index (χ2n) is 3.66. The van der Waals surface area contributed by atoms with Gasteiger partial charge >= 0.3 is 0 Å². The molecule has 2 N–H and O–H groups in total. The molecule has 0 bridgehead atoms. The van der Waals surface area contributed by atoms with E-state index in [1.54, 1.807) is 0 Å². The van der Waals surface area contributed by atoms with Crippen LogP contribution < -0.4 is 10.6 Å². The molecule has 0 aliphatic carbocycles. The first-order valence-electron chi connectivity index (χ1n) is 5.59. The van der Waals surface area contributed by atoms with E-state index in [1.165, 1.54) is 20.0 Å². The molecule has 1 aromatic carbocycles. The molecule has 0 aliphatic rings. The van der Waals surface area contributed by atoms with Crippen molar-refractivity contribution in [2.24, 2.45) is 0 Å². The molecule has 0 fully saturated rings. The molecule has 0 heterocycles. The molecular formula is C12H18BrIN2. The van der Waals surface area contributed by atoms with Crippen molar-refractivity contribution in [2.75, 3.05) is 19.6 Å². The number of benzene rings is 1. The van der Waals surface area contributed by atoms with Crippen LogP contribution in [0.2, 0.25) is 0 Å². The Morgan fingerprint density at radius 1 is 1.19 bits per heavy atom. The van der Waals surface area contributed by atoms with Crippen LogP contribution in [0.3, 0.4) is 0 Å². The van der Waals surface area contributed by atoms with E-state index in [0.29, 0.717) is 0 Å². The summed E-state index contributed by atoms with van der Waals surface area (Å²) in [5.74, 6) is 0. The van der Waals surface area contributed by atoms with Gasteiger partial charge in [0.15, 0.2) is 0 Å². The summed E-state index contributed by atoms with van der Waals surface area (Å²) in [6.07, 6.45) is 1.20. The SMILES string of the molecule is CCCNCCNCc1cc(I)ccc1Br. The lowest BCUT2D eigenvalue weighted by Gasteiger charge is -2.08. The van der Waals surface area contributed by atoms with Crippen LogP contribution in [-0.4, -0.2) is 19.6 Å². The number of hydrogen-bond acceptors (Lipinski definition) is 2. The highest BCUT2D eigenvalue weighted by Gasteiger charge is 1.99. The monoisotopic (exact) mass is 396 g/mol. The topological polar surface area (TPSA) is 24.1 Å². The van der Waals surface area contributed by atoms with Crippen molar-refractivity contribution in [3.05, 3.63) is 31.8 Å². The number of nitrogens with one attached hydrogen (secondary N) is 2. The van der Waals surface area contributed by atoms with Crippen molar-refractivity contribution >= 4 is 38.5 Å². The Labute approximate surface area is 120 Å². The van der Waals surface area contributed by atoms with Crippen LogP contribution in [0.15, 0.2) is 22.7 Å². The largest absolute Gasteiger partial charge is 0.315 e. The van der Waals surface area contributed by atoms with Gasteiger partial charge in [0, 0.05) is 27.7 Å². The van der Waals surface area contributed by atoms with Crippen LogP contribution in [0, 0.1) is 3.57 Å². The van der Waals surface area contributed by atoms with Crippen LogP contribution in [0.1, 0.15) is 18.9 Å². The average Bonchev–Trinajstić information content (AvgIpc) is 2.28. The van der Waals surface area contributed by atoms with Gasteiger partial charge in [-0.2, -0.15) is 0 Å². The van der Waals surface area contributed by atoms with Crippen LogP contribution in [-0.2, 0) is 6.54 Å². The summed E-state index contributed by atoms with van der Waals surface area (Å²) in [5.41, 5.74) is 1.32. The molecule has 1 aromatic rings. The third kappa shape index (κ3) is 5.61. The van der Waals surface area contributed by atoms with Gasteiger partial charge in [-0.3, -0.25) is 0 Å². The summed E-state index contributed by atoms with van der Waals surface area (Å²) < 4.78 is 2.46. The van der Waals surface area contributed by atoms with Gasteiger partial charge < -0.3 is 10.6 Å². The Kier molecular flexibility index (Phi) is 7.60. The molecule has 16 heavy (non-hydrogen) atoms. The molecule has 0 spiro atoms. The lowest BCUT2D eigenvalue weighted by Crippen LogP contribution is -2.27. The lowest BCUT2D eigenvalue weighted by atomic mass is 10.2. The molecule has 1 rings (SSSR count). The van der Waals surface area contributed by atoms with Crippen molar-refractivity contribution in [3.8, 4) is 0 Å². The summed E-state index contributed by atoms with van der Waals surface area (Å²) in [6, 6.07) is 6.42. The fourth-order valence-electron chi connectivity index (χ4n) is 1.38. The summed E-state index contributed by atoms with van der Waals surface area (Å²) >= 11 is 5.91. The van der Waals surface area contributed by atoms with Gasteiger partial charge in [0.25, 0.3) is 0 Å². The molecule has 0 saturated carbocycles. The van der Waals surface area contributed by atoms with E-state index in [0.717, 1.165) is 26.2 Å². The zero-order valence-electron chi connectivity index (χ0n) is 9.52. The van der Waals surface area contributed by atoms with Crippen molar-refractivity contribution < 1.29 is 0 Å². The van der Waals surface area contributed by atoms with Crippen LogP contribution >= 0.6 is 38.5 Å². The fraction of sp³-hybridized carbons (Fsp3) is 0.500. The van der Waals surface area contributed by atoms with Gasteiger partial charge in [-0.15, -0.1) is 0 Å². The predicted molar refractivity (Wildman–Crippen MR) is 81.7 cm³/mol. The van der Waals surface area contributed by atoms with E-state index >= 15 is 0 Å². The van der Waals surface area contributed by atoms with E-state index in [2.05, 4.69) is 74.3 Å². The molecule has 4 heteroatoms. The molecule has 0 unspecified atom stereocenters. The fourth-order valence-corrected chi connectivity index (χ4v) is 2.32. The Morgan fingerprint density at radius 2 is 1.94 bits per heavy atom. The van der Waals surface area contributed by atoms with E-state index < -0.39 is 0 Å². The van der Waals surface area contributed by atoms with Gasteiger partial charge in [-0.25, -0.2) is 0 Å². The molecule has 2 nitrogen and oxygen atoms in total. The Morgan fingerprint density at radius 3 is 2.69 bits per heavy atom. The Hall–Kier alpha value is 0.350. The highest BCUT2D eigenvalue weighted by atomic mass is 127. The molecule has 0 radical (unpaired) electrons. The molecule has 90 valence electrons. The van der Waals surface area contributed by atoms with Crippen molar-refractivity contribution in [2.45, 2.75) is 19.9 Å². The molecule has 0 amide bonds. The van der Waals surface area contributed by atoms with Gasteiger partial charge in [0.2, 0.25) is 0 Å². The predicted octanol–water partition coefficient (Wildman–Crippen LogP) is 3.14. The lowest BCUT2D eigenvalue weighted by molar-refractivity contribution is 0.606. The first-order valence-corrected chi connectivity index (χ1v) is 7.46. The first kappa shape index (κ1) is 14.4. The first-order chi connectivity index (χ1) is 7.74. The maximum atomic E-state index is 3.57. The maximum Gasteiger partial charge on any atom is 0.0220 e. The number of halogens is 2. The van der Waals surface area contributed by atoms with Gasteiger partial charge in [0.1, 0.15) is 0 Å². The van der Waals surface area contributed by atoms with E-state index in [4.69, 9.17) is 0 Å². The number of rotatable bonds is 7. The summed E-state index contributed by atoms with van der Waals surface area (Å²) in [6.45, 7) is 6.26. The minimum absolute atomic E-state index is 0.922. The highest BCUT2D eigenvalue weighted by Crippen LogP contribution is 2.19. The van der Waals surface area contributed by atoms with Crippen molar-refractivity contribution in [3.63, 3.8) is 0 Å². The quantitative estimate of drug-likeness (QED) is 0.546. The van der Waals surface area contributed by atoms with Crippen molar-refractivity contribution in [1.82, 2.24) is 10.6 Å². The zero-order chi connectivity index (χ0) is 11.8. The standard InChI is InChI=1S/C12H18BrIN2/c1-2-5-15-6-7-16-9-10-8-11(14)3-4-12(10)13/h3-4,8,15-16H,2,5-7,9H2,1H3. The second kappa shape index (κ2) is 8.44. The molecule has 0 aliphatic heterocycles. The maximum absolute atomic E-state index is 3.57. The van der Waals surface area contributed by atoms with Crippen LogP contribution in [0.4, 0.5) is 0 Å². The molecule has 0 atom stereocenters. The summed E-state index contributed by atoms with van der Waals surface area (Å²) in [7, 11) is 0.